The van der Waals surface area contributed by atoms with Gasteiger partial charge < -0.3 is 14.9 Å². The van der Waals surface area contributed by atoms with Crippen molar-refractivity contribution in [2.24, 2.45) is 5.92 Å². The average Bonchev–Trinajstić information content (AvgIpc) is 3.66. The number of aliphatic hydroxyl groups excluding tert-OH is 1. The van der Waals surface area contributed by atoms with Gasteiger partial charge in [0.25, 0.3) is 5.91 Å². The van der Waals surface area contributed by atoms with Gasteiger partial charge in [0.15, 0.2) is 11.3 Å². The molecule has 2 saturated carbocycles. The Kier molecular flexibility index (Phi) is 5.36. The molecule has 33 heavy (non-hydrogen) atoms. The van der Waals surface area contributed by atoms with E-state index >= 15 is 0 Å². The first kappa shape index (κ1) is 22.5. The number of halogens is 4. The molecule has 2 amide bonds. The Hall–Kier alpha value is -2.33. The molecule has 3 unspecified atom stereocenters. The lowest BCUT2D eigenvalue weighted by atomic mass is 10.1. The molecule has 2 aliphatic carbocycles. The van der Waals surface area contributed by atoms with Crippen LogP contribution in [0, 0.1) is 5.92 Å². The number of nitrogens with zero attached hydrogens (tertiary/aromatic N) is 4. The highest BCUT2D eigenvalue weighted by Crippen LogP contribution is 2.44. The highest BCUT2D eigenvalue weighted by atomic mass is 35.5. The lowest BCUT2D eigenvalue weighted by molar-refractivity contribution is -0.137. The van der Waals surface area contributed by atoms with Crippen molar-refractivity contribution in [1.82, 2.24) is 19.2 Å². The molecule has 178 valence electrons. The zero-order valence-corrected chi connectivity index (χ0v) is 18.7. The maximum Gasteiger partial charge on any atom is 0.419 e. The minimum absolute atomic E-state index is 0.0545. The molecule has 1 saturated heterocycles. The van der Waals surface area contributed by atoms with Gasteiger partial charge in [0.05, 0.1) is 11.7 Å². The summed E-state index contributed by atoms with van der Waals surface area (Å²) < 4.78 is 42.3. The van der Waals surface area contributed by atoms with Crippen molar-refractivity contribution in [3.05, 3.63) is 34.2 Å². The third kappa shape index (κ3) is 4.19. The number of amides is 2. The monoisotopic (exact) mass is 484 g/mol. The van der Waals surface area contributed by atoms with Crippen molar-refractivity contribution in [2.75, 3.05) is 19.6 Å². The number of carbonyl (C=O) groups excluding carboxylic acids is 2. The number of rotatable bonds is 5. The zero-order chi connectivity index (χ0) is 23.7. The van der Waals surface area contributed by atoms with Crippen molar-refractivity contribution in [3.63, 3.8) is 0 Å². The molecule has 5 rings (SSSR count). The quantitative estimate of drug-likeness (QED) is 0.706. The summed E-state index contributed by atoms with van der Waals surface area (Å²) in [6.45, 7) is 2.10. The molecule has 0 aromatic carbocycles. The molecular weight excluding hydrogens is 461 g/mol. The van der Waals surface area contributed by atoms with Crippen LogP contribution in [0.5, 0.6) is 0 Å². The lowest BCUT2D eigenvalue weighted by Crippen LogP contribution is -2.53. The second-order valence-corrected chi connectivity index (χ2v) is 9.72. The molecule has 1 N–H and O–H groups in total. The van der Waals surface area contributed by atoms with Crippen LogP contribution in [-0.4, -0.2) is 67.9 Å². The maximum absolute atomic E-state index is 13.7. The van der Waals surface area contributed by atoms with Crippen LogP contribution >= 0.6 is 11.6 Å². The molecule has 0 bridgehead atoms. The first-order chi connectivity index (χ1) is 15.5. The molecule has 1 aliphatic heterocycles. The fraction of sp³-hybridized carbons (Fsp3) is 0.591. The first-order valence-corrected chi connectivity index (χ1v) is 11.5. The molecule has 3 aliphatic rings. The Morgan fingerprint density at radius 1 is 1.33 bits per heavy atom. The number of alkyl halides is 3. The minimum atomic E-state index is -4.64. The molecule has 3 heterocycles. The third-order valence-electron chi connectivity index (χ3n) is 6.71. The van der Waals surface area contributed by atoms with E-state index in [2.05, 4.69) is 4.98 Å². The number of aliphatic hydroxyl groups is 1. The van der Waals surface area contributed by atoms with Gasteiger partial charge in [-0.3, -0.25) is 14.0 Å². The van der Waals surface area contributed by atoms with E-state index in [1.165, 1.54) is 11.1 Å². The molecule has 0 spiro atoms. The van der Waals surface area contributed by atoms with E-state index in [0.717, 1.165) is 29.7 Å². The number of piperazine rings is 1. The summed E-state index contributed by atoms with van der Waals surface area (Å²) in [4.78, 5) is 32.8. The van der Waals surface area contributed by atoms with E-state index in [1.807, 2.05) is 0 Å². The summed E-state index contributed by atoms with van der Waals surface area (Å²) in [7, 11) is 0. The van der Waals surface area contributed by atoms with Crippen LogP contribution < -0.4 is 0 Å². The number of imidazole rings is 1. The Balaban J connectivity index is 1.38. The summed E-state index contributed by atoms with van der Waals surface area (Å²) in [5, 5.41) is 9.36. The van der Waals surface area contributed by atoms with Gasteiger partial charge in [-0.05, 0) is 56.1 Å². The third-order valence-corrected chi connectivity index (χ3v) is 7.07. The van der Waals surface area contributed by atoms with Gasteiger partial charge in [0, 0.05) is 25.3 Å². The number of carbonyl (C=O) groups is 2. The molecule has 3 fully saturated rings. The van der Waals surface area contributed by atoms with Gasteiger partial charge in [-0.15, -0.1) is 0 Å². The number of pyridine rings is 1. The molecule has 0 radical (unpaired) electrons. The minimum Gasteiger partial charge on any atom is -0.393 e. The number of fused-ring (bicyclic) bond motifs is 1. The van der Waals surface area contributed by atoms with Crippen LogP contribution in [0.15, 0.2) is 12.3 Å². The SMILES string of the molecule is CC(O)CC1CC1N1CCN(C(=O)c2nc3c(C(F)(F)F)cc(C4CC4)cn3c2Cl)CC1=O. The van der Waals surface area contributed by atoms with Gasteiger partial charge >= 0.3 is 6.18 Å². The first-order valence-electron chi connectivity index (χ1n) is 11.1. The number of aromatic nitrogens is 2. The summed E-state index contributed by atoms with van der Waals surface area (Å²) >= 11 is 6.35. The Labute approximate surface area is 193 Å². The van der Waals surface area contributed by atoms with Crippen molar-refractivity contribution in [2.45, 2.75) is 56.8 Å². The van der Waals surface area contributed by atoms with Crippen molar-refractivity contribution in [3.8, 4) is 0 Å². The van der Waals surface area contributed by atoms with Crippen molar-refractivity contribution < 1.29 is 27.9 Å². The average molecular weight is 485 g/mol. The highest BCUT2D eigenvalue weighted by molar-refractivity contribution is 6.33. The number of hydrogen-bond acceptors (Lipinski definition) is 4. The zero-order valence-electron chi connectivity index (χ0n) is 18.0. The van der Waals surface area contributed by atoms with Gasteiger partial charge in [-0.2, -0.15) is 13.2 Å². The Morgan fingerprint density at radius 3 is 2.67 bits per heavy atom. The van der Waals surface area contributed by atoms with Gasteiger partial charge in [-0.25, -0.2) is 4.98 Å². The summed E-state index contributed by atoms with van der Waals surface area (Å²) in [5.41, 5.74) is -1.10. The Bertz CT molecular complexity index is 1130. The summed E-state index contributed by atoms with van der Waals surface area (Å²) in [6.07, 6.45) is -0.483. The van der Waals surface area contributed by atoms with Gasteiger partial charge in [0.2, 0.25) is 5.91 Å². The normalized spacial score (nSPS) is 24.5. The van der Waals surface area contributed by atoms with Crippen LogP contribution in [0.3, 0.4) is 0 Å². The topological polar surface area (TPSA) is 78.2 Å². The molecule has 11 heteroatoms. The van der Waals surface area contributed by atoms with Crippen LogP contribution in [0.4, 0.5) is 13.2 Å². The van der Waals surface area contributed by atoms with Crippen LogP contribution in [0.25, 0.3) is 5.65 Å². The predicted octanol–water partition coefficient (Wildman–Crippen LogP) is 3.33. The predicted molar refractivity (Wildman–Crippen MR) is 113 cm³/mol. The second kappa shape index (κ2) is 7.87. The molecule has 7 nitrogen and oxygen atoms in total. The Morgan fingerprint density at radius 2 is 2.06 bits per heavy atom. The summed E-state index contributed by atoms with van der Waals surface area (Å²) in [6, 6.07) is 1.16. The molecule has 3 atom stereocenters. The molecule has 2 aromatic rings. The van der Waals surface area contributed by atoms with Crippen molar-refractivity contribution in [1.29, 1.82) is 0 Å². The van der Waals surface area contributed by atoms with Gasteiger partial charge in [0.1, 0.15) is 11.7 Å². The summed E-state index contributed by atoms with van der Waals surface area (Å²) in [5.74, 6) is -0.571. The highest BCUT2D eigenvalue weighted by Gasteiger charge is 2.46. The van der Waals surface area contributed by atoms with E-state index in [0.29, 0.717) is 18.5 Å². The fourth-order valence-electron chi connectivity index (χ4n) is 4.79. The smallest absolute Gasteiger partial charge is 0.393 e. The van der Waals surface area contributed by atoms with E-state index in [9.17, 15) is 27.9 Å². The van der Waals surface area contributed by atoms with Crippen LogP contribution in [0.2, 0.25) is 5.15 Å². The van der Waals surface area contributed by atoms with E-state index in [-0.39, 0.29) is 47.7 Å². The molecular formula is C22H24ClF3N4O3. The van der Waals surface area contributed by atoms with E-state index in [4.69, 9.17) is 11.6 Å². The standard InChI is InChI=1S/C22H24ClF3N4O3/c1-11(31)6-13-8-16(13)29-5-4-28(10-17(29)32)21(33)18-19(23)30-9-14(12-2-3-12)7-15(20(30)27-18)22(24,25)26/h7,9,11-13,16,31H,2-6,8,10H2,1H3. The fourth-order valence-corrected chi connectivity index (χ4v) is 5.04. The van der Waals surface area contributed by atoms with E-state index < -0.39 is 29.4 Å². The van der Waals surface area contributed by atoms with Crippen LogP contribution in [-0.2, 0) is 11.0 Å². The van der Waals surface area contributed by atoms with Crippen LogP contribution in [0.1, 0.15) is 60.1 Å². The number of hydrogen-bond donors (Lipinski definition) is 1. The van der Waals surface area contributed by atoms with Gasteiger partial charge in [-0.1, -0.05) is 11.6 Å². The molecule has 2 aromatic heterocycles. The van der Waals surface area contributed by atoms with E-state index in [1.54, 1.807) is 11.8 Å². The maximum atomic E-state index is 13.7. The lowest BCUT2D eigenvalue weighted by Gasteiger charge is -2.34. The second-order valence-electron chi connectivity index (χ2n) is 9.37. The van der Waals surface area contributed by atoms with Crippen molar-refractivity contribution >= 4 is 29.1 Å². The largest absolute Gasteiger partial charge is 0.419 e.